The lowest BCUT2D eigenvalue weighted by atomic mass is 9.92. The van der Waals surface area contributed by atoms with Crippen LogP contribution in [0.3, 0.4) is 0 Å². The van der Waals surface area contributed by atoms with Crippen LogP contribution in [-0.4, -0.2) is 73.6 Å². The van der Waals surface area contributed by atoms with Crippen LogP contribution in [-0.2, 0) is 0 Å². The van der Waals surface area contributed by atoms with Crippen molar-refractivity contribution >= 4 is 0 Å². The number of nitrogens with zero attached hydrogens (tertiary/aromatic N) is 3. The maximum Gasteiger partial charge on any atom is -0.00189 e. The lowest BCUT2D eigenvalue weighted by Gasteiger charge is -2.24. The maximum absolute atomic E-state index is 2.57. The van der Waals surface area contributed by atoms with Crippen molar-refractivity contribution in [1.82, 2.24) is 14.7 Å². The molecular weight excluding hydrogens is 306 g/mol. The molecule has 25 heavy (non-hydrogen) atoms. The summed E-state index contributed by atoms with van der Waals surface area (Å²) in [6.07, 6.45) is 8.40. The van der Waals surface area contributed by atoms with Crippen LogP contribution in [0, 0.1) is 5.92 Å². The largest absolute Gasteiger partial charge is 0.304 e. The maximum atomic E-state index is 2.57. The average molecular weight is 356 g/mol. The van der Waals surface area contributed by atoms with E-state index in [2.05, 4.69) is 56.2 Å². The van der Waals surface area contributed by atoms with E-state index in [1.54, 1.807) is 0 Å². The van der Waals surface area contributed by atoms with Crippen molar-refractivity contribution in [3.05, 3.63) is 0 Å². The van der Waals surface area contributed by atoms with E-state index in [1.165, 1.54) is 97.4 Å². The Labute approximate surface area is 160 Å². The average Bonchev–Trinajstić information content (AvgIpc) is 2.65. The molecule has 3 heteroatoms. The molecule has 0 spiro atoms. The molecule has 152 valence electrons. The quantitative estimate of drug-likeness (QED) is 0.344. The standard InChI is InChI=1S/C22H49N3/c1-7-23(8-2)19-13-16-22(17-14-20-24(9-3)10-4)18-15-21-25(11-5)12-6/h22H,7-21H2,1-6H3. The highest BCUT2D eigenvalue weighted by molar-refractivity contribution is 4.66. The van der Waals surface area contributed by atoms with Gasteiger partial charge in [0.1, 0.15) is 0 Å². The summed E-state index contributed by atoms with van der Waals surface area (Å²) in [6.45, 7) is 24.8. The normalized spacial score (nSPS) is 12.2. The van der Waals surface area contributed by atoms with E-state index in [-0.39, 0.29) is 0 Å². The van der Waals surface area contributed by atoms with E-state index >= 15 is 0 Å². The molecule has 0 aliphatic carbocycles. The molecule has 0 aromatic rings. The Hall–Kier alpha value is -0.120. The summed E-state index contributed by atoms with van der Waals surface area (Å²) in [4.78, 5) is 7.72. The number of hydrogen-bond acceptors (Lipinski definition) is 3. The Morgan fingerprint density at radius 2 is 0.680 bits per heavy atom. The van der Waals surface area contributed by atoms with E-state index in [0.717, 1.165) is 5.92 Å². The van der Waals surface area contributed by atoms with Crippen LogP contribution in [0.25, 0.3) is 0 Å². The van der Waals surface area contributed by atoms with Gasteiger partial charge in [0.05, 0.1) is 0 Å². The summed E-state index contributed by atoms with van der Waals surface area (Å²) in [7, 11) is 0. The molecule has 0 aromatic heterocycles. The monoisotopic (exact) mass is 355 g/mol. The fraction of sp³-hybridized carbons (Fsp3) is 1.00. The van der Waals surface area contributed by atoms with Crippen molar-refractivity contribution in [2.45, 2.75) is 80.1 Å². The summed E-state index contributed by atoms with van der Waals surface area (Å²) in [5.74, 6) is 0.932. The van der Waals surface area contributed by atoms with Gasteiger partial charge in [0, 0.05) is 0 Å². The van der Waals surface area contributed by atoms with Gasteiger partial charge >= 0.3 is 0 Å². The van der Waals surface area contributed by atoms with Crippen molar-refractivity contribution in [3.63, 3.8) is 0 Å². The molecule has 0 unspecified atom stereocenters. The van der Waals surface area contributed by atoms with Crippen molar-refractivity contribution < 1.29 is 0 Å². The van der Waals surface area contributed by atoms with Crippen molar-refractivity contribution in [2.24, 2.45) is 5.92 Å². The Morgan fingerprint density at radius 3 is 0.880 bits per heavy atom. The molecule has 0 bridgehead atoms. The predicted molar refractivity (Wildman–Crippen MR) is 115 cm³/mol. The molecule has 0 aliphatic heterocycles. The van der Waals surface area contributed by atoms with Crippen LogP contribution < -0.4 is 0 Å². The summed E-state index contributed by atoms with van der Waals surface area (Å²) in [5.41, 5.74) is 0. The highest BCUT2D eigenvalue weighted by Gasteiger charge is 2.11. The van der Waals surface area contributed by atoms with E-state index in [9.17, 15) is 0 Å². The van der Waals surface area contributed by atoms with Gasteiger partial charge in [-0.15, -0.1) is 0 Å². The number of rotatable bonds is 18. The molecule has 0 saturated heterocycles. The smallest absolute Gasteiger partial charge is 0.00189 e. The van der Waals surface area contributed by atoms with E-state index in [0.29, 0.717) is 0 Å². The van der Waals surface area contributed by atoms with Gasteiger partial charge < -0.3 is 14.7 Å². The lowest BCUT2D eigenvalue weighted by molar-refractivity contribution is 0.249. The topological polar surface area (TPSA) is 9.72 Å². The fourth-order valence-corrected chi connectivity index (χ4v) is 3.86. The second-order valence-corrected chi connectivity index (χ2v) is 7.37. The SMILES string of the molecule is CCN(CC)CCCC(CCCN(CC)CC)CCCN(CC)CC. The first-order chi connectivity index (χ1) is 12.1. The van der Waals surface area contributed by atoms with Gasteiger partial charge in [0.15, 0.2) is 0 Å². The minimum atomic E-state index is 0.932. The van der Waals surface area contributed by atoms with Gasteiger partial charge in [-0.3, -0.25) is 0 Å². The van der Waals surface area contributed by atoms with Crippen LogP contribution >= 0.6 is 0 Å². The minimum Gasteiger partial charge on any atom is -0.304 e. The molecule has 0 radical (unpaired) electrons. The van der Waals surface area contributed by atoms with Gasteiger partial charge in [-0.05, 0) is 103 Å². The van der Waals surface area contributed by atoms with Crippen molar-refractivity contribution in [1.29, 1.82) is 0 Å². The molecule has 0 saturated carbocycles. The van der Waals surface area contributed by atoms with Gasteiger partial charge in [0.25, 0.3) is 0 Å². The molecule has 0 fully saturated rings. The zero-order chi connectivity index (χ0) is 18.9. The second-order valence-electron chi connectivity index (χ2n) is 7.37. The Morgan fingerprint density at radius 1 is 0.440 bits per heavy atom. The molecule has 0 N–H and O–H groups in total. The predicted octanol–water partition coefficient (Wildman–Crippen LogP) is 4.97. The van der Waals surface area contributed by atoms with Gasteiger partial charge in [-0.1, -0.05) is 41.5 Å². The zero-order valence-electron chi connectivity index (χ0n) is 18.5. The van der Waals surface area contributed by atoms with Crippen LogP contribution in [0.4, 0.5) is 0 Å². The van der Waals surface area contributed by atoms with Crippen molar-refractivity contribution in [3.8, 4) is 0 Å². The molecular formula is C22H49N3. The first-order valence-electron chi connectivity index (χ1n) is 11.3. The van der Waals surface area contributed by atoms with Crippen LogP contribution in [0.15, 0.2) is 0 Å². The van der Waals surface area contributed by atoms with Crippen LogP contribution in [0.1, 0.15) is 80.1 Å². The molecule has 3 nitrogen and oxygen atoms in total. The molecule has 0 aromatic carbocycles. The summed E-state index contributed by atoms with van der Waals surface area (Å²) in [6, 6.07) is 0. The molecule has 0 heterocycles. The first-order valence-corrected chi connectivity index (χ1v) is 11.3. The Bertz CT molecular complexity index is 215. The zero-order valence-corrected chi connectivity index (χ0v) is 18.5. The second kappa shape index (κ2) is 17.3. The Balaban J connectivity index is 4.24. The van der Waals surface area contributed by atoms with E-state index < -0.39 is 0 Å². The van der Waals surface area contributed by atoms with E-state index in [4.69, 9.17) is 0 Å². The van der Waals surface area contributed by atoms with Crippen molar-refractivity contribution in [2.75, 3.05) is 58.9 Å². The highest BCUT2D eigenvalue weighted by atomic mass is 15.1. The molecule has 0 atom stereocenters. The third-order valence-electron chi connectivity index (χ3n) is 5.94. The van der Waals surface area contributed by atoms with Gasteiger partial charge in [-0.25, -0.2) is 0 Å². The minimum absolute atomic E-state index is 0.932. The third-order valence-corrected chi connectivity index (χ3v) is 5.94. The summed E-state index contributed by atoms with van der Waals surface area (Å²) < 4.78 is 0. The lowest BCUT2D eigenvalue weighted by Crippen LogP contribution is -2.26. The molecule has 0 aliphatic rings. The molecule has 0 amide bonds. The fourth-order valence-electron chi connectivity index (χ4n) is 3.86. The highest BCUT2D eigenvalue weighted by Crippen LogP contribution is 2.20. The van der Waals surface area contributed by atoms with Gasteiger partial charge in [-0.2, -0.15) is 0 Å². The van der Waals surface area contributed by atoms with Crippen LogP contribution in [0.2, 0.25) is 0 Å². The Kier molecular flexibility index (Phi) is 17.2. The van der Waals surface area contributed by atoms with Crippen LogP contribution in [0.5, 0.6) is 0 Å². The first kappa shape index (κ1) is 24.9. The van der Waals surface area contributed by atoms with E-state index in [1.807, 2.05) is 0 Å². The third kappa shape index (κ3) is 12.8. The summed E-state index contributed by atoms with van der Waals surface area (Å²) >= 11 is 0. The van der Waals surface area contributed by atoms with Gasteiger partial charge in [0.2, 0.25) is 0 Å². The number of hydrogen-bond donors (Lipinski definition) is 0. The molecule has 0 rings (SSSR count). The summed E-state index contributed by atoms with van der Waals surface area (Å²) in [5, 5.41) is 0.